The van der Waals surface area contributed by atoms with E-state index in [2.05, 4.69) is 10.6 Å². The number of aromatic nitrogens is 2. The number of benzene rings is 1. The highest BCUT2D eigenvalue weighted by Crippen LogP contribution is 2.36. The summed E-state index contributed by atoms with van der Waals surface area (Å²) in [5.74, 6) is -0.436. The van der Waals surface area contributed by atoms with Crippen LogP contribution in [0.5, 0.6) is 0 Å². The van der Waals surface area contributed by atoms with Gasteiger partial charge < -0.3 is 5.32 Å². The zero-order valence-corrected chi connectivity index (χ0v) is 18.4. The van der Waals surface area contributed by atoms with Crippen LogP contribution in [0.15, 0.2) is 40.3 Å². The molecule has 0 fully saturated rings. The number of fused-ring (bicyclic) bond motifs is 3. The Morgan fingerprint density at radius 1 is 1.27 bits per heavy atom. The molecule has 3 aromatic rings. The third-order valence-electron chi connectivity index (χ3n) is 4.95. The van der Waals surface area contributed by atoms with Gasteiger partial charge in [-0.25, -0.2) is 9.78 Å². The molecule has 1 aromatic carbocycles. The minimum atomic E-state index is -0.612. The van der Waals surface area contributed by atoms with Crippen LogP contribution in [0.25, 0.3) is 15.9 Å². The first-order valence-corrected chi connectivity index (χ1v) is 11.6. The highest BCUT2D eigenvalue weighted by Gasteiger charge is 2.26. The molecule has 4 rings (SSSR count). The van der Waals surface area contributed by atoms with Gasteiger partial charge >= 0.3 is 6.03 Å². The van der Waals surface area contributed by atoms with Crippen molar-refractivity contribution in [3.8, 4) is 5.69 Å². The predicted molar refractivity (Wildman–Crippen MR) is 120 cm³/mol. The van der Waals surface area contributed by atoms with E-state index in [1.54, 1.807) is 29.8 Å². The molecule has 0 saturated carbocycles. The number of aryl methyl sites for hydroxylation is 2. The fourth-order valence-electron chi connectivity index (χ4n) is 3.54. The Labute approximate surface area is 181 Å². The van der Waals surface area contributed by atoms with Crippen LogP contribution in [-0.4, -0.2) is 33.3 Å². The lowest BCUT2D eigenvalue weighted by molar-refractivity contribution is -0.119. The molecule has 0 saturated heterocycles. The molecule has 0 aliphatic heterocycles. The average molecular weight is 443 g/mol. The number of imide groups is 1. The van der Waals surface area contributed by atoms with Gasteiger partial charge in [0.15, 0.2) is 5.16 Å². The van der Waals surface area contributed by atoms with E-state index >= 15 is 0 Å². The molecule has 0 radical (unpaired) electrons. The van der Waals surface area contributed by atoms with Crippen LogP contribution in [0.3, 0.4) is 0 Å². The van der Waals surface area contributed by atoms with Gasteiger partial charge in [0.2, 0.25) is 5.91 Å². The van der Waals surface area contributed by atoms with Gasteiger partial charge in [-0.3, -0.25) is 19.5 Å². The molecule has 0 bridgehead atoms. The van der Waals surface area contributed by atoms with Gasteiger partial charge in [-0.1, -0.05) is 30.0 Å². The second kappa shape index (κ2) is 8.61. The zero-order valence-electron chi connectivity index (χ0n) is 16.7. The number of thioether (sulfide) groups is 1. The molecule has 7 nitrogen and oxygen atoms in total. The molecule has 1 atom stereocenters. The Hall–Kier alpha value is -2.65. The van der Waals surface area contributed by atoms with Crippen molar-refractivity contribution >= 4 is 45.3 Å². The summed E-state index contributed by atoms with van der Waals surface area (Å²) in [6.07, 6.45) is 2.95. The van der Waals surface area contributed by atoms with E-state index in [0.717, 1.165) is 29.7 Å². The van der Waals surface area contributed by atoms with Gasteiger partial charge in [-0.05, 0) is 50.8 Å². The Kier molecular flexibility index (Phi) is 5.92. The normalized spacial score (nSPS) is 13.8. The van der Waals surface area contributed by atoms with E-state index in [0.29, 0.717) is 22.8 Å². The average Bonchev–Trinajstić information content (AvgIpc) is 3.29. The summed E-state index contributed by atoms with van der Waals surface area (Å²) < 4.78 is 1.58. The van der Waals surface area contributed by atoms with E-state index in [4.69, 9.17) is 4.98 Å². The largest absolute Gasteiger partial charge is 0.338 e. The van der Waals surface area contributed by atoms with Crippen molar-refractivity contribution in [2.24, 2.45) is 0 Å². The first kappa shape index (κ1) is 20.6. The lowest BCUT2D eigenvalue weighted by atomic mass is 10.2. The summed E-state index contributed by atoms with van der Waals surface area (Å²) in [6, 6.07) is 8.79. The number of thiophene rings is 1. The SMILES string of the molecule is CCNC(=O)NC(=O)[C@H](C)Sc1nc2sc3c(c2c(=O)n1-c1ccccc1)CCC3. The number of nitrogens with one attached hydrogen (secondary N) is 2. The number of rotatable bonds is 5. The van der Waals surface area contributed by atoms with E-state index in [9.17, 15) is 14.4 Å². The van der Waals surface area contributed by atoms with Gasteiger partial charge in [0.1, 0.15) is 4.83 Å². The molecule has 9 heteroatoms. The standard InChI is InChI=1S/C21H22N4O3S2/c1-3-22-20(28)23-17(26)12(2)29-21-24-18-16(14-10-7-11-15(14)30-18)19(27)25(21)13-8-5-4-6-9-13/h4-6,8-9,12H,3,7,10-11H2,1-2H3,(H2,22,23,26,28)/t12-/m0/s1. The molecule has 0 spiro atoms. The van der Waals surface area contributed by atoms with Crippen molar-refractivity contribution in [2.75, 3.05) is 6.54 Å². The molecule has 156 valence electrons. The van der Waals surface area contributed by atoms with E-state index in [-0.39, 0.29) is 5.56 Å². The minimum Gasteiger partial charge on any atom is -0.338 e. The Morgan fingerprint density at radius 2 is 2.03 bits per heavy atom. The van der Waals surface area contributed by atoms with Crippen molar-refractivity contribution in [1.82, 2.24) is 20.2 Å². The second-order valence-electron chi connectivity index (χ2n) is 7.02. The number of hydrogen-bond donors (Lipinski definition) is 2. The van der Waals surface area contributed by atoms with Gasteiger partial charge in [0, 0.05) is 11.4 Å². The molecule has 0 unspecified atom stereocenters. The van der Waals surface area contributed by atoms with Crippen LogP contribution in [0.2, 0.25) is 0 Å². The third-order valence-corrected chi connectivity index (χ3v) is 7.19. The summed E-state index contributed by atoms with van der Waals surface area (Å²) in [5.41, 5.74) is 1.72. The molecular formula is C21H22N4O3S2. The number of amides is 3. The molecular weight excluding hydrogens is 420 g/mol. The van der Waals surface area contributed by atoms with Crippen molar-refractivity contribution in [2.45, 2.75) is 43.5 Å². The highest BCUT2D eigenvalue weighted by atomic mass is 32.2. The van der Waals surface area contributed by atoms with Crippen LogP contribution in [0, 0.1) is 0 Å². The first-order valence-electron chi connectivity index (χ1n) is 9.87. The third kappa shape index (κ3) is 3.87. The Balaban J connectivity index is 1.76. The number of carbonyl (C=O) groups is 2. The monoisotopic (exact) mass is 442 g/mol. The van der Waals surface area contributed by atoms with Crippen LogP contribution in [-0.2, 0) is 17.6 Å². The van der Waals surface area contributed by atoms with Crippen LogP contribution < -0.4 is 16.2 Å². The number of nitrogens with zero attached hydrogens (tertiary/aromatic N) is 2. The van der Waals surface area contributed by atoms with Crippen molar-refractivity contribution in [3.63, 3.8) is 0 Å². The van der Waals surface area contributed by atoms with Crippen molar-refractivity contribution < 1.29 is 9.59 Å². The molecule has 1 aliphatic carbocycles. The Morgan fingerprint density at radius 3 is 2.77 bits per heavy atom. The number of hydrogen-bond acceptors (Lipinski definition) is 6. The first-order chi connectivity index (χ1) is 14.5. The van der Waals surface area contributed by atoms with Crippen LogP contribution in [0.1, 0.15) is 30.7 Å². The van der Waals surface area contributed by atoms with E-state index in [1.807, 2.05) is 30.3 Å². The van der Waals surface area contributed by atoms with Gasteiger partial charge in [-0.15, -0.1) is 11.3 Å². The van der Waals surface area contributed by atoms with Gasteiger partial charge in [0.05, 0.1) is 16.3 Å². The molecule has 2 heterocycles. The zero-order chi connectivity index (χ0) is 21.3. The lowest BCUT2D eigenvalue weighted by Crippen LogP contribution is -2.42. The summed E-state index contributed by atoms with van der Waals surface area (Å²) in [5, 5.41) is 5.38. The fraction of sp³-hybridized carbons (Fsp3) is 0.333. The maximum absolute atomic E-state index is 13.5. The number of para-hydroxylation sites is 1. The summed E-state index contributed by atoms with van der Waals surface area (Å²) in [4.78, 5) is 44.4. The minimum absolute atomic E-state index is 0.107. The second-order valence-corrected chi connectivity index (χ2v) is 9.41. The van der Waals surface area contributed by atoms with Crippen LogP contribution in [0.4, 0.5) is 4.79 Å². The van der Waals surface area contributed by atoms with Crippen molar-refractivity contribution in [1.29, 1.82) is 0 Å². The number of urea groups is 1. The number of carbonyl (C=O) groups excluding carboxylic acids is 2. The van der Waals surface area contributed by atoms with Crippen molar-refractivity contribution in [3.05, 3.63) is 51.1 Å². The Bertz CT molecular complexity index is 1170. The highest BCUT2D eigenvalue weighted by molar-refractivity contribution is 8.00. The fourth-order valence-corrected chi connectivity index (χ4v) is 5.77. The summed E-state index contributed by atoms with van der Waals surface area (Å²) >= 11 is 2.74. The van der Waals surface area contributed by atoms with Gasteiger partial charge in [0.25, 0.3) is 5.56 Å². The quantitative estimate of drug-likeness (QED) is 0.467. The maximum Gasteiger partial charge on any atom is 0.321 e. The smallest absolute Gasteiger partial charge is 0.321 e. The molecule has 3 amide bonds. The summed E-state index contributed by atoms with van der Waals surface area (Å²) in [7, 11) is 0. The lowest BCUT2D eigenvalue weighted by Gasteiger charge is -2.15. The van der Waals surface area contributed by atoms with E-state index < -0.39 is 17.2 Å². The van der Waals surface area contributed by atoms with Crippen LogP contribution >= 0.6 is 23.1 Å². The van der Waals surface area contributed by atoms with Gasteiger partial charge in [-0.2, -0.15) is 0 Å². The maximum atomic E-state index is 13.5. The summed E-state index contributed by atoms with van der Waals surface area (Å²) in [6.45, 7) is 3.90. The molecule has 1 aliphatic rings. The molecule has 2 N–H and O–H groups in total. The topological polar surface area (TPSA) is 93.1 Å². The van der Waals surface area contributed by atoms with E-state index in [1.165, 1.54) is 16.6 Å². The predicted octanol–water partition coefficient (Wildman–Crippen LogP) is 3.26. The molecule has 30 heavy (non-hydrogen) atoms. The molecule has 2 aromatic heterocycles.